The van der Waals surface area contributed by atoms with Gasteiger partial charge in [-0.25, -0.2) is 9.37 Å². The van der Waals surface area contributed by atoms with Crippen molar-refractivity contribution in [3.8, 4) is 0 Å². The number of anilines is 1. The predicted molar refractivity (Wildman–Crippen MR) is 90.4 cm³/mol. The summed E-state index contributed by atoms with van der Waals surface area (Å²) in [6.07, 6.45) is 3.43. The van der Waals surface area contributed by atoms with Crippen molar-refractivity contribution in [1.82, 2.24) is 4.98 Å². The standard InChI is InChI=1S/C16H17FN2OS2/c17-12-5-1-10(2-6-12)9-13-15(11-3-4-11)19-16(22-13)18-14(20)7-8-21/h1-2,5-6,11,21H,3-4,7-9H2,(H,18,19,20). The first kappa shape index (κ1) is 15.5. The molecule has 3 rings (SSSR count). The maximum absolute atomic E-state index is 13.0. The van der Waals surface area contributed by atoms with Crippen molar-refractivity contribution in [3.63, 3.8) is 0 Å². The molecule has 1 aromatic carbocycles. The van der Waals surface area contributed by atoms with Crippen LogP contribution in [-0.2, 0) is 11.2 Å². The predicted octanol–water partition coefficient (Wildman–Crippen LogP) is 4.01. The quantitative estimate of drug-likeness (QED) is 0.783. The number of carbonyl (C=O) groups is 1. The maximum atomic E-state index is 13.0. The van der Waals surface area contributed by atoms with Gasteiger partial charge in [-0.2, -0.15) is 12.6 Å². The fourth-order valence-electron chi connectivity index (χ4n) is 2.29. The van der Waals surface area contributed by atoms with Crippen molar-refractivity contribution in [1.29, 1.82) is 0 Å². The third-order valence-electron chi connectivity index (χ3n) is 3.55. The Labute approximate surface area is 138 Å². The molecule has 1 aliphatic rings. The zero-order valence-electron chi connectivity index (χ0n) is 12.0. The van der Waals surface area contributed by atoms with Crippen LogP contribution in [0, 0.1) is 5.82 Å². The molecule has 1 amide bonds. The summed E-state index contributed by atoms with van der Waals surface area (Å²) < 4.78 is 13.0. The molecule has 0 bridgehead atoms. The first-order valence-corrected chi connectivity index (χ1v) is 8.75. The number of nitrogens with zero attached hydrogens (tertiary/aromatic N) is 1. The molecule has 3 nitrogen and oxygen atoms in total. The number of benzene rings is 1. The van der Waals surface area contributed by atoms with E-state index in [-0.39, 0.29) is 11.7 Å². The molecule has 6 heteroatoms. The van der Waals surface area contributed by atoms with Crippen LogP contribution in [0.2, 0.25) is 0 Å². The van der Waals surface area contributed by atoms with Crippen molar-refractivity contribution in [2.75, 3.05) is 11.1 Å². The summed E-state index contributed by atoms with van der Waals surface area (Å²) in [6, 6.07) is 6.54. The van der Waals surface area contributed by atoms with Gasteiger partial charge in [0.25, 0.3) is 0 Å². The SMILES string of the molecule is O=C(CCS)Nc1nc(C2CC2)c(Cc2ccc(F)cc2)s1. The normalized spacial score (nSPS) is 14.1. The Morgan fingerprint density at radius 1 is 1.36 bits per heavy atom. The summed E-state index contributed by atoms with van der Waals surface area (Å²) in [5.74, 6) is 0.756. The zero-order valence-corrected chi connectivity index (χ0v) is 13.7. The Hall–Kier alpha value is -1.40. The summed E-state index contributed by atoms with van der Waals surface area (Å²) in [7, 11) is 0. The van der Waals surface area contributed by atoms with Gasteiger partial charge in [0.1, 0.15) is 5.82 Å². The van der Waals surface area contributed by atoms with Gasteiger partial charge in [-0.3, -0.25) is 4.79 Å². The molecular weight excluding hydrogens is 319 g/mol. The number of hydrogen-bond donors (Lipinski definition) is 2. The van der Waals surface area contributed by atoms with Crippen molar-refractivity contribution < 1.29 is 9.18 Å². The molecule has 0 spiro atoms. The van der Waals surface area contributed by atoms with Crippen molar-refractivity contribution in [2.45, 2.75) is 31.6 Å². The Morgan fingerprint density at radius 3 is 2.73 bits per heavy atom. The Morgan fingerprint density at radius 2 is 2.09 bits per heavy atom. The molecule has 0 atom stereocenters. The average molecular weight is 336 g/mol. The molecule has 1 heterocycles. The summed E-state index contributed by atoms with van der Waals surface area (Å²) in [4.78, 5) is 17.4. The summed E-state index contributed by atoms with van der Waals surface area (Å²) in [5.41, 5.74) is 2.15. The number of halogens is 1. The van der Waals surface area contributed by atoms with Gasteiger partial charge in [0.05, 0.1) is 5.69 Å². The third-order valence-corrected chi connectivity index (χ3v) is 4.76. The maximum Gasteiger partial charge on any atom is 0.226 e. The largest absolute Gasteiger partial charge is 0.302 e. The molecule has 1 aromatic heterocycles. The molecule has 1 aliphatic carbocycles. The van der Waals surface area contributed by atoms with E-state index in [9.17, 15) is 9.18 Å². The minimum absolute atomic E-state index is 0.0561. The highest BCUT2D eigenvalue weighted by molar-refractivity contribution is 7.80. The van der Waals surface area contributed by atoms with Crippen molar-refractivity contribution in [2.24, 2.45) is 0 Å². The number of thiol groups is 1. The molecule has 1 fully saturated rings. The number of aromatic nitrogens is 1. The fourth-order valence-corrected chi connectivity index (χ4v) is 3.59. The lowest BCUT2D eigenvalue weighted by Gasteiger charge is -2.01. The zero-order chi connectivity index (χ0) is 15.5. The van der Waals surface area contributed by atoms with Crippen molar-refractivity contribution >= 4 is 35.0 Å². The highest BCUT2D eigenvalue weighted by Gasteiger charge is 2.29. The third kappa shape index (κ3) is 3.87. The molecule has 116 valence electrons. The van der Waals surface area contributed by atoms with Crippen LogP contribution in [0.15, 0.2) is 24.3 Å². The first-order chi connectivity index (χ1) is 10.7. The second-order valence-electron chi connectivity index (χ2n) is 5.43. The van der Waals surface area contributed by atoms with E-state index in [2.05, 4.69) is 22.9 Å². The fraction of sp³-hybridized carbons (Fsp3) is 0.375. The highest BCUT2D eigenvalue weighted by atomic mass is 32.1. The summed E-state index contributed by atoms with van der Waals surface area (Å²) >= 11 is 5.58. The van der Waals surface area contributed by atoms with Gasteiger partial charge in [-0.1, -0.05) is 12.1 Å². The Bertz CT molecular complexity index is 665. The van der Waals surface area contributed by atoms with Crippen LogP contribution in [0.3, 0.4) is 0 Å². The second-order valence-corrected chi connectivity index (χ2v) is 6.96. The highest BCUT2D eigenvalue weighted by Crippen LogP contribution is 2.44. The van der Waals surface area contributed by atoms with Crippen LogP contribution in [0.1, 0.15) is 41.3 Å². The van der Waals surface area contributed by atoms with Crippen LogP contribution in [-0.4, -0.2) is 16.6 Å². The topological polar surface area (TPSA) is 42.0 Å². The Kier molecular flexibility index (Phi) is 4.78. The molecule has 2 aromatic rings. The number of thiazole rings is 1. The van der Waals surface area contributed by atoms with Crippen LogP contribution in [0.5, 0.6) is 0 Å². The van der Waals surface area contributed by atoms with E-state index in [1.54, 1.807) is 12.1 Å². The second kappa shape index (κ2) is 6.79. The minimum Gasteiger partial charge on any atom is -0.302 e. The van der Waals surface area contributed by atoms with Crippen LogP contribution >= 0.6 is 24.0 Å². The van der Waals surface area contributed by atoms with Gasteiger partial charge < -0.3 is 5.32 Å². The van der Waals surface area contributed by atoms with E-state index in [4.69, 9.17) is 0 Å². The lowest BCUT2D eigenvalue weighted by atomic mass is 10.1. The molecule has 1 saturated carbocycles. The van der Waals surface area contributed by atoms with Crippen LogP contribution in [0.4, 0.5) is 9.52 Å². The molecular formula is C16H17FN2OS2. The molecule has 22 heavy (non-hydrogen) atoms. The summed E-state index contributed by atoms with van der Waals surface area (Å²) in [6.45, 7) is 0. The van der Waals surface area contributed by atoms with Gasteiger partial charge in [-0.15, -0.1) is 11.3 Å². The molecule has 0 aliphatic heterocycles. The number of carbonyl (C=O) groups excluding carboxylic acids is 1. The monoisotopic (exact) mass is 336 g/mol. The Balaban J connectivity index is 1.78. The van der Waals surface area contributed by atoms with Gasteiger partial charge in [-0.05, 0) is 36.3 Å². The molecule has 0 radical (unpaired) electrons. The van der Waals surface area contributed by atoms with E-state index in [1.807, 2.05) is 0 Å². The first-order valence-electron chi connectivity index (χ1n) is 7.30. The van der Waals surface area contributed by atoms with Crippen molar-refractivity contribution in [3.05, 3.63) is 46.2 Å². The molecule has 0 saturated heterocycles. The lowest BCUT2D eigenvalue weighted by molar-refractivity contribution is -0.115. The number of amides is 1. The number of rotatable bonds is 6. The van der Waals surface area contributed by atoms with E-state index < -0.39 is 0 Å². The number of hydrogen-bond acceptors (Lipinski definition) is 4. The van der Waals surface area contributed by atoms with Gasteiger partial charge in [0.15, 0.2) is 5.13 Å². The van der Waals surface area contributed by atoms with Crippen LogP contribution in [0.25, 0.3) is 0 Å². The summed E-state index contributed by atoms with van der Waals surface area (Å²) in [5, 5.41) is 3.50. The van der Waals surface area contributed by atoms with Gasteiger partial charge in [0, 0.05) is 23.6 Å². The van der Waals surface area contributed by atoms with E-state index >= 15 is 0 Å². The average Bonchev–Trinajstić information content (AvgIpc) is 3.25. The smallest absolute Gasteiger partial charge is 0.226 e. The van der Waals surface area contributed by atoms with E-state index in [0.717, 1.165) is 35.4 Å². The number of nitrogens with one attached hydrogen (secondary N) is 1. The molecule has 1 N–H and O–H groups in total. The minimum atomic E-state index is -0.227. The lowest BCUT2D eigenvalue weighted by Crippen LogP contribution is -2.11. The van der Waals surface area contributed by atoms with Crippen LogP contribution < -0.4 is 5.32 Å². The molecule has 0 unspecified atom stereocenters. The van der Waals surface area contributed by atoms with E-state index in [1.165, 1.54) is 23.5 Å². The van der Waals surface area contributed by atoms with E-state index in [0.29, 0.717) is 23.2 Å². The van der Waals surface area contributed by atoms with Gasteiger partial charge >= 0.3 is 0 Å². The van der Waals surface area contributed by atoms with Gasteiger partial charge in [0.2, 0.25) is 5.91 Å².